The zero-order valence-electron chi connectivity index (χ0n) is 8.20. The molecule has 3 nitrogen and oxygen atoms in total. The van der Waals surface area contributed by atoms with Crippen LogP contribution in [0.1, 0.15) is 17.5 Å². The van der Waals surface area contributed by atoms with Gasteiger partial charge in [0.1, 0.15) is 6.10 Å². The molecule has 0 fully saturated rings. The van der Waals surface area contributed by atoms with Gasteiger partial charge in [-0.05, 0) is 36.1 Å². The Bertz CT molecular complexity index is 392. The predicted molar refractivity (Wildman–Crippen MR) is 60.6 cm³/mol. The monoisotopic (exact) mass is 269 g/mol. The minimum atomic E-state index is -0.680. The zero-order chi connectivity index (χ0) is 10.8. The van der Waals surface area contributed by atoms with E-state index in [0.717, 1.165) is 23.7 Å². The predicted octanol–water partition coefficient (Wildman–Crippen LogP) is 2.40. The number of primary amides is 1. The minimum absolute atomic E-state index is 0.0591. The molecule has 2 rings (SSSR count). The van der Waals surface area contributed by atoms with Crippen molar-refractivity contribution in [3.05, 3.63) is 33.8 Å². The van der Waals surface area contributed by atoms with Gasteiger partial charge in [0.05, 0.1) is 0 Å². The number of hydrogen-bond donors (Lipinski definition) is 1. The van der Waals surface area contributed by atoms with Crippen molar-refractivity contribution >= 4 is 22.0 Å². The van der Waals surface area contributed by atoms with Crippen molar-refractivity contribution < 1.29 is 9.53 Å². The number of fused-ring (bicyclic) bond motifs is 1. The Hall–Kier alpha value is -1.03. The molecule has 0 bridgehead atoms. The van der Waals surface area contributed by atoms with Crippen LogP contribution in [0.4, 0.5) is 4.79 Å². The van der Waals surface area contributed by atoms with E-state index in [0.29, 0.717) is 0 Å². The second-order valence-electron chi connectivity index (χ2n) is 3.71. The maximum absolute atomic E-state index is 10.6. The lowest BCUT2D eigenvalue weighted by atomic mass is 9.90. The highest BCUT2D eigenvalue weighted by Crippen LogP contribution is 2.25. The second-order valence-corrected chi connectivity index (χ2v) is 4.63. The molecule has 1 unspecified atom stereocenters. The molecule has 1 atom stereocenters. The van der Waals surface area contributed by atoms with Crippen molar-refractivity contribution in [2.75, 3.05) is 0 Å². The Morgan fingerprint density at radius 3 is 3.00 bits per heavy atom. The van der Waals surface area contributed by atoms with Gasteiger partial charge in [-0.1, -0.05) is 22.0 Å². The van der Waals surface area contributed by atoms with Crippen LogP contribution in [-0.2, 0) is 17.6 Å². The molecule has 1 amide bonds. The van der Waals surface area contributed by atoms with Crippen LogP contribution < -0.4 is 5.73 Å². The van der Waals surface area contributed by atoms with Gasteiger partial charge in [-0.25, -0.2) is 4.79 Å². The number of ether oxygens (including phenoxy) is 1. The minimum Gasteiger partial charge on any atom is -0.446 e. The van der Waals surface area contributed by atoms with E-state index in [4.69, 9.17) is 10.5 Å². The molecule has 0 spiro atoms. The lowest BCUT2D eigenvalue weighted by molar-refractivity contribution is 0.0979. The maximum Gasteiger partial charge on any atom is 0.404 e. The SMILES string of the molecule is NC(=O)OC1CCc2cc(Br)ccc2C1. The van der Waals surface area contributed by atoms with Crippen LogP contribution in [0, 0.1) is 0 Å². The first-order valence-electron chi connectivity index (χ1n) is 4.88. The summed E-state index contributed by atoms with van der Waals surface area (Å²) in [7, 11) is 0. The van der Waals surface area contributed by atoms with E-state index in [1.807, 2.05) is 6.07 Å². The topological polar surface area (TPSA) is 52.3 Å². The van der Waals surface area contributed by atoms with Gasteiger partial charge in [-0.15, -0.1) is 0 Å². The Kier molecular flexibility index (Phi) is 2.95. The van der Waals surface area contributed by atoms with Crippen LogP contribution in [0.25, 0.3) is 0 Å². The average molecular weight is 270 g/mol. The summed E-state index contributed by atoms with van der Waals surface area (Å²) in [4.78, 5) is 10.6. The van der Waals surface area contributed by atoms with Crippen LogP contribution in [-0.4, -0.2) is 12.2 Å². The molecule has 0 aliphatic heterocycles. The molecule has 4 heteroatoms. The van der Waals surface area contributed by atoms with Crippen molar-refractivity contribution in [3.8, 4) is 0 Å². The van der Waals surface area contributed by atoms with Gasteiger partial charge in [-0.2, -0.15) is 0 Å². The number of carbonyl (C=O) groups is 1. The molecular formula is C11H12BrNO2. The number of hydrogen-bond acceptors (Lipinski definition) is 2. The number of halogens is 1. The average Bonchev–Trinajstić information content (AvgIpc) is 2.17. The molecule has 0 heterocycles. The summed E-state index contributed by atoms with van der Waals surface area (Å²) in [6.07, 6.45) is 1.82. The summed E-state index contributed by atoms with van der Waals surface area (Å²) < 4.78 is 6.10. The van der Waals surface area contributed by atoms with Crippen LogP contribution in [0.3, 0.4) is 0 Å². The summed E-state index contributed by atoms with van der Waals surface area (Å²) in [5.41, 5.74) is 7.57. The van der Waals surface area contributed by atoms with Gasteiger partial charge in [-0.3, -0.25) is 0 Å². The largest absolute Gasteiger partial charge is 0.446 e. The third-order valence-corrected chi connectivity index (χ3v) is 3.13. The summed E-state index contributed by atoms with van der Waals surface area (Å²) in [6.45, 7) is 0. The Labute approximate surface area is 96.7 Å². The number of carbonyl (C=O) groups excluding carboxylic acids is 1. The van der Waals surface area contributed by atoms with E-state index >= 15 is 0 Å². The van der Waals surface area contributed by atoms with Crippen LogP contribution in [0.2, 0.25) is 0 Å². The lowest BCUT2D eigenvalue weighted by Gasteiger charge is -2.23. The number of aryl methyl sites for hydroxylation is 1. The molecule has 1 aromatic carbocycles. The molecular weight excluding hydrogens is 258 g/mol. The third kappa shape index (κ3) is 2.50. The number of benzene rings is 1. The second kappa shape index (κ2) is 4.23. The molecule has 0 radical (unpaired) electrons. The first kappa shape index (κ1) is 10.5. The molecule has 1 aliphatic rings. The van der Waals surface area contributed by atoms with E-state index in [-0.39, 0.29) is 6.10 Å². The highest BCUT2D eigenvalue weighted by Gasteiger charge is 2.20. The van der Waals surface area contributed by atoms with Gasteiger partial charge >= 0.3 is 6.09 Å². The van der Waals surface area contributed by atoms with Crippen molar-refractivity contribution in [2.45, 2.75) is 25.4 Å². The number of rotatable bonds is 1. The molecule has 0 aromatic heterocycles. The smallest absolute Gasteiger partial charge is 0.404 e. The normalized spacial score (nSPS) is 19.4. The van der Waals surface area contributed by atoms with Crippen molar-refractivity contribution in [3.63, 3.8) is 0 Å². The molecule has 2 N–H and O–H groups in total. The molecule has 0 saturated carbocycles. The number of nitrogens with two attached hydrogens (primary N) is 1. The van der Waals surface area contributed by atoms with Gasteiger partial charge in [0, 0.05) is 10.9 Å². The fourth-order valence-electron chi connectivity index (χ4n) is 1.96. The molecule has 0 saturated heterocycles. The highest BCUT2D eigenvalue weighted by atomic mass is 79.9. The Morgan fingerprint density at radius 1 is 1.47 bits per heavy atom. The molecule has 1 aliphatic carbocycles. The number of amides is 1. The fraction of sp³-hybridized carbons (Fsp3) is 0.364. The Morgan fingerprint density at radius 2 is 2.27 bits per heavy atom. The van der Waals surface area contributed by atoms with Gasteiger partial charge in [0.15, 0.2) is 0 Å². The highest BCUT2D eigenvalue weighted by molar-refractivity contribution is 9.10. The molecule has 15 heavy (non-hydrogen) atoms. The van der Waals surface area contributed by atoms with Gasteiger partial charge in [0.2, 0.25) is 0 Å². The van der Waals surface area contributed by atoms with Crippen molar-refractivity contribution in [1.29, 1.82) is 0 Å². The van der Waals surface area contributed by atoms with E-state index in [1.54, 1.807) is 0 Å². The fourth-order valence-corrected chi connectivity index (χ4v) is 2.36. The van der Waals surface area contributed by atoms with E-state index in [1.165, 1.54) is 11.1 Å². The summed E-state index contributed by atoms with van der Waals surface area (Å²) in [6, 6.07) is 6.19. The first-order valence-corrected chi connectivity index (χ1v) is 5.68. The maximum atomic E-state index is 10.6. The van der Waals surface area contributed by atoms with E-state index in [9.17, 15) is 4.79 Å². The standard InChI is InChI=1S/C11H12BrNO2/c12-9-3-1-8-6-10(15-11(13)14)4-2-7(8)5-9/h1,3,5,10H,2,4,6H2,(H2,13,14). The van der Waals surface area contributed by atoms with Crippen molar-refractivity contribution in [1.82, 2.24) is 0 Å². The third-order valence-electron chi connectivity index (χ3n) is 2.63. The molecule has 1 aromatic rings. The van der Waals surface area contributed by atoms with E-state index < -0.39 is 6.09 Å². The molecule has 80 valence electrons. The van der Waals surface area contributed by atoms with Crippen LogP contribution in [0.15, 0.2) is 22.7 Å². The van der Waals surface area contributed by atoms with E-state index in [2.05, 4.69) is 28.1 Å². The van der Waals surface area contributed by atoms with Crippen molar-refractivity contribution in [2.24, 2.45) is 5.73 Å². The summed E-state index contributed by atoms with van der Waals surface area (Å²) in [5.74, 6) is 0. The Balaban J connectivity index is 2.13. The quantitative estimate of drug-likeness (QED) is 0.851. The first-order chi connectivity index (χ1) is 7.15. The summed E-state index contributed by atoms with van der Waals surface area (Å²) in [5, 5.41) is 0. The van der Waals surface area contributed by atoms with Crippen LogP contribution in [0.5, 0.6) is 0 Å². The zero-order valence-corrected chi connectivity index (χ0v) is 9.79. The summed E-state index contributed by atoms with van der Waals surface area (Å²) >= 11 is 3.44. The lowest BCUT2D eigenvalue weighted by Crippen LogP contribution is -2.28. The van der Waals surface area contributed by atoms with Gasteiger partial charge < -0.3 is 10.5 Å². The van der Waals surface area contributed by atoms with Crippen LogP contribution >= 0.6 is 15.9 Å². The van der Waals surface area contributed by atoms with Gasteiger partial charge in [0.25, 0.3) is 0 Å².